The van der Waals surface area contributed by atoms with Crippen LogP contribution in [0.4, 0.5) is 0 Å². The number of halogens is 1. The molecular formula is C5H5ClN2O2S. The largest absolute Gasteiger partial charge is 0.358 e. The summed E-state index contributed by atoms with van der Waals surface area (Å²) >= 11 is 9.29. The molecule has 0 aromatic rings. The fourth-order valence-corrected chi connectivity index (χ4v) is 0.837. The molecule has 1 atom stereocenters. The Kier molecular flexibility index (Phi) is 2.10. The molecule has 0 saturated carbocycles. The molecule has 1 N–H and O–H groups in total. The molecule has 0 radical (unpaired) electrons. The molecule has 0 spiro atoms. The SMILES string of the molecule is O=[N+]([O-])C1(S)C=CC(Cl)=CN1. The fourth-order valence-electron chi connectivity index (χ4n) is 0.581. The zero-order valence-electron chi connectivity index (χ0n) is 5.32. The van der Waals surface area contributed by atoms with Gasteiger partial charge in [-0.1, -0.05) is 24.2 Å². The maximum absolute atomic E-state index is 10.3. The molecule has 4 nitrogen and oxygen atoms in total. The standard InChI is InChI=1S/C5H5ClN2O2S/c6-4-1-2-5(11,7-3-4)8(9)10/h1-3,7,11H. The van der Waals surface area contributed by atoms with Crippen molar-refractivity contribution in [3.05, 3.63) is 33.5 Å². The summed E-state index contributed by atoms with van der Waals surface area (Å²) in [6.45, 7) is 0. The molecular weight excluding hydrogens is 188 g/mol. The van der Waals surface area contributed by atoms with Crippen molar-refractivity contribution in [2.45, 2.75) is 4.99 Å². The lowest BCUT2D eigenvalue weighted by Gasteiger charge is -2.18. The van der Waals surface area contributed by atoms with Crippen molar-refractivity contribution in [3.8, 4) is 0 Å². The number of hydrogen-bond acceptors (Lipinski definition) is 4. The van der Waals surface area contributed by atoms with Crippen LogP contribution >= 0.6 is 24.2 Å². The highest BCUT2D eigenvalue weighted by Gasteiger charge is 2.35. The third-order valence-corrected chi connectivity index (χ3v) is 1.85. The molecule has 6 heteroatoms. The molecule has 0 aromatic carbocycles. The summed E-state index contributed by atoms with van der Waals surface area (Å²) < 4.78 is 0. The van der Waals surface area contributed by atoms with E-state index in [4.69, 9.17) is 11.6 Å². The summed E-state index contributed by atoms with van der Waals surface area (Å²) in [6.07, 6.45) is 4.03. The Bertz CT molecular complexity index is 253. The third kappa shape index (κ3) is 1.66. The van der Waals surface area contributed by atoms with E-state index in [-0.39, 0.29) is 0 Å². The monoisotopic (exact) mass is 192 g/mol. The molecule has 0 aromatic heterocycles. The second-order valence-corrected chi connectivity index (χ2v) is 3.11. The van der Waals surface area contributed by atoms with Gasteiger partial charge in [-0.05, 0) is 6.08 Å². The van der Waals surface area contributed by atoms with Crippen molar-refractivity contribution < 1.29 is 4.92 Å². The van der Waals surface area contributed by atoms with E-state index in [9.17, 15) is 10.1 Å². The van der Waals surface area contributed by atoms with E-state index < -0.39 is 9.92 Å². The van der Waals surface area contributed by atoms with Gasteiger partial charge in [0, 0.05) is 12.3 Å². The van der Waals surface area contributed by atoms with Crippen LogP contribution in [0.3, 0.4) is 0 Å². The van der Waals surface area contributed by atoms with Gasteiger partial charge in [-0.15, -0.1) is 0 Å². The molecule has 1 unspecified atom stereocenters. The molecule has 1 heterocycles. The minimum atomic E-state index is -1.52. The Morgan fingerprint density at radius 1 is 1.82 bits per heavy atom. The summed E-state index contributed by atoms with van der Waals surface area (Å²) in [4.78, 5) is 8.26. The summed E-state index contributed by atoms with van der Waals surface area (Å²) in [6, 6.07) is 0. The predicted molar refractivity (Wildman–Crippen MR) is 44.9 cm³/mol. The van der Waals surface area contributed by atoms with Crippen LogP contribution in [0.1, 0.15) is 0 Å². The zero-order chi connectivity index (χ0) is 8.48. The first kappa shape index (κ1) is 8.42. The van der Waals surface area contributed by atoms with Crippen LogP contribution < -0.4 is 5.32 Å². The van der Waals surface area contributed by atoms with Crippen molar-refractivity contribution in [1.29, 1.82) is 0 Å². The second-order valence-electron chi connectivity index (χ2n) is 1.99. The van der Waals surface area contributed by atoms with Gasteiger partial charge in [-0.25, -0.2) is 0 Å². The van der Waals surface area contributed by atoms with Crippen molar-refractivity contribution in [2.75, 3.05) is 0 Å². The highest BCUT2D eigenvalue weighted by Crippen LogP contribution is 2.20. The average Bonchev–Trinajstić information content (AvgIpc) is 1.95. The lowest BCUT2D eigenvalue weighted by Crippen LogP contribution is -2.43. The Balaban J connectivity index is 2.82. The lowest BCUT2D eigenvalue weighted by atomic mass is 10.3. The van der Waals surface area contributed by atoms with Crippen LogP contribution in [0.2, 0.25) is 0 Å². The zero-order valence-corrected chi connectivity index (χ0v) is 6.97. The minimum Gasteiger partial charge on any atom is -0.314 e. The van der Waals surface area contributed by atoms with Gasteiger partial charge in [0.05, 0.1) is 9.96 Å². The minimum absolute atomic E-state index is 0.413. The van der Waals surface area contributed by atoms with Gasteiger partial charge >= 0.3 is 4.99 Å². The van der Waals surface area contributed by atoms with Crippen molar-refractivity contribution in [2.24, 2.45) is 0 Å². The molecule has 1 aliphatic heterocycles. The summed E-state index contributed by atoms with van der Waals surface area (Å²) in [5.41, 5.74) is 0. The highest BCUT2D eigenvalue weighted by atomic mass is 35.5. The lowest BCUT2D eigenvalue weighted by molar-refractivity contribution is -0.529. The van der Waals surface area contributed by atoms with Crippen LogP contribution in [-0.2, 0) is 0 Å². The molecule has 60 valence electrons. The van der Waals surface area contributed by atoms with Crippen molar-refractivity contribution in [3.63, 3.8) is 0 Å². The van der Waals surface area contributed by atoms with Crippen molar-refractivity contribution in [1.82, 2.24) is 5.32 Å². The number of thiol groups is 1. The molecule has 0 amide bonds. The van der Waals surface area contributed by atoms with Crippen LogP contribution in [0, 0.1) is 10.1 Å². The number of dihydropyridines is 1. The van der Waals surface area contributed by atoms with Gasteiger partial charge in [0.25, 0.3) is 0 Å². The van der Waals surface area contributed by atoms with Crippen LogP contribution in [0.15, 0.2) is 23.4 Å². The smallest absolute Gasteiger partial charge is 0.314 e. The first-order chi connectivity index (χ1) is 5.04. The molecule has 0 saturated heterocycles. The summed E-state index contributed by atoms with van der Waals surface area (Å²) in [7, 11) is 0. The molecule has 1 aliphatic rings. The highest BCUT2D eigenvalue weighted by molar-refractivity contribution is 7.81. The molecule has 0 fully saturated rings. The molecule has 0 bridgehead atoms. The summed E-state index contributed by atoms with van der Waals surface area (Å²) in [5.74, 6) is 0. The fraction of sp³-hybridized carbons (Fsp3) is 0.200. The molecule has 0 aliphatic carbocycles. The first-order valence-corrected chi connectivity index (χ1v) is 3.56. The Morgan fingerprint density at radius 3 is 2.82 bits per heavy atom. The van der Waals surface area contributed by atoms with Gasteiger partial charge in [-0.2, -0.15) is 0 Å². The first-order valence-electron chi connectivity index (χ1n) is 2.74. The van der Waals surface area contributed by atoms with Crippen LogP contribution in [0.5, 0.6) is 0 Å². The maximum atomic E-state index is 10.3. The Hall–Kier alpha value is -0.680. The Labute approximate surface area is 73.5 Å². The van der Waals surface area contributed by atoms with Gasteiger partial charge in [0.15, 0.2) is 0 Å². The van der Waals surface area contributed by atoms with Gasteiger partial charge in [-0.3, -0.25) is 10.1 Å². The topological polar surface area (TPSA) is 55.2 Å². The molecule has 1 rings (SSSR count). The van der Waals surface area contributed by atoms with E-state index in [2.05, 4.69) is 17.9 Å². The van der Waals surface area contributed by atoms with E-state index in [0.29, 0.717) is 5.03 Å². The average molecular weight is 193 g/mol. The van der Waals surface area contributed by atoms with Crippen LogP contribution in [-0.4, -0.2) is 9.92 Å². The normalized spacial score (nSPS) is 29.1. The predicted octanol–water partition coefficient (Wildman–Crippen LogP) is 1.09. The summed E-state index contributed by atoms with van der Waals surface area (Å²) in [5, 5.41) is 13.2. The molecule has 11 heavy (non-hydrogen) atoms. The van der Waals surface area contributed by atoms with E-state index in [1.54, 1.807) is 0 Å². The van der Waals surface area contributed by atoms with Gasteiger partial charge in [0.1, 0.15) is 0 Å². The quantitative estimate of drug-likeness (QED) is 0.283. The van der Waals surface area contributed by atoms with Gasteiger partial charge in [0.2, 0.25) is 0 Å². The van der Waals surface area contributed by atoms with E-state index in [1.807, 2.05) is 0 Å². The van der Waals surface area contributed by atoms with Gasteiger partial charge < -0.3 is 5.32 Å². The van der Waals surface area contributed by atoms with Crippen LogP contribution in [0.25, 0.3) is 0 Å². The van der Waals surface area contributed by atoms with Crippen molar-refractivity contribution >= 4 is 24.2 Å². The third-order valence-electron chi connectivity index (χ3n) is 1.18. The second kappa shape index (κ2) is 2.75. The number of hydrogen-bond donors (Lipinski definition) is 2. The maximum Gasteiger partial charge on any atom is 0.358 e. The number of allylic oxidation sites excluding steroid dienone is 2. The number of nitro groups is 1. The van der Waals surface area contributed by atoms with E-state index in [1.165, 1.54) is 18.4 Å². The number of nitrogens with one attached hydrogen (secondary N) is 1. The number of nitrogens with zero attached hydrogens (tertiary/aromatic N) is 1. The Morgan fingerprint density at radius 2 is 2.45 bits per heavy atom. The van der Waals surface area contributed by atoms with E-state index >= 15 is 0 Å². The number of rotatable bonds is 1. The van der Waals surface area contributed by atoms with E-state index in [0.717, 1.165) is 0 Å².